The number of nitrogens with zero attached hydrogens (tertiary/aromatic N) is 2. The van der Waals surface area contributed by atoms with Gasteiger partial charge in [0.1, 0.15) is 23.0 Å². The van der Waals surface area contributed by atoms with Crippen molar-refractivity contribution in [3.8, 4) is 28.7 Å². The van der Waals surface area contributed by atoms with Gasteiger partial charge < -0.3 is 23.8 Å². The van der Waals surface area contributed by atoms with Gasteiger partial charge in [-0.3, -0.25) is 9.79 Å². The summed E-state index contributed by atoms with van der Waals surface area (Å²) in [5.74, 6) is 2.12. The van der Waals surface area contributed by atoms with Crippen LogP contribution in [0.5, 0.6) is 28.7 Å². The molecule has 0 bridgehead atoms. The van der Waals surface area contributed by atoms with Crippen molar-refractivity contribution in [2.45, 2.75) is 58.9 Å². The first-order chi connectivity index (χ1) is 19.8. The van der Waals surface area contributed by atoms with Crippen LogP contribution in [-0.4, -0.2) is 49.9 Å². The normalized spacial score (nSPS) is 15.8. The van der Waals surface area contributed by atoms with Crippen LogP contribution < -0.4 is 18.9 Å². The molecule has 0 aliphatic carbocycles. The number of benzene rings is 3. The van der Waals surface area contributed by atoms with Gasteiger partial charge in [-0.2, -0.15) is 0 Å². The summed E-state index contributed by atoms with van der Waals surface area (Å²) in [7, 11) is 1.60. The van der Waals surface area contributed by atoms with Crippen molar-refractivity contribution >= 4 is 17.8 Å². The Morgan fingerprint density at radius 3 is 2.49 bits per heavy atom. The summed E-state index contributed by atoms with van der Waals surface area (Å²) in [6, 6.07) is 12.1. The molecule has 41 heavy (non-hydrogen) atoms. The molecule has 0 spiro atoms. The minimum atomic E-state index is -0.490. The van der Waals surface area contributed by atoms with E-state index in [1.165, 1.54) is 6.07 Å². The summed E-state index contributed by atoms with van der Waals surface area (Å²) in [5.41, 5.74) is 4.28. The fraction of sp³-hybridized carbons (Fsp3) is 0.394. The molecule has 8 heteroatoms. The Morgan fingerprint density at radius 2 is 1.71 bits per heavy atom. The number of amides is 1. The molecule has 0 aromatic heterocycles. The van der Waals surface area contributed by atoms with Crippen molar-refractivity contribution in [1.29, 1.82) is 0 Å². The van der Waals surface area contributed by atoms with Crippen molar-refractivity contribution in [1.82, 2.24) is 4.90 Å². The van der Waals surface area contributed by atoms with Crippen LogP contribution in [0.2, 0.25) is 0 Å². The van der Waals surface area contributed by atoms with E-state index in [0.717, 1.165) is 61.1 Å². The Labute approximate surface area is 240 Å². The van der Waals surface area contributed by atoms with Gasteiger partial charge in [0, 0.05) is 31.0 Å². The number of fused-ring (bicyclic) bond motifs is 2. The lowest BCUT2D eigenvalue weighted by molar-refractivity contribution is 0.0774. The van der Waals surface area contributed by atoms with E-state index >= 15 is 0 Å². The molecule has 0 N–H and O–H groups in total. The zero-order valence-electron chi connectivity index (χ0n) is 24.2. The third-order valence-electron chi connectivity index (χ3n) is 7.73. The van der Waals surface area contributed by atoms with Crippen LogP contribution in [0.4, 0.5) is 10.1 Å². The molecule has 1 atom stereocenters. The predicted octanol–water partition coefficient (Wildman–Crippen LogP) is 7.50. The second kappa shape index (κ2) is 12.6. The number of ether oxygens (including phenoxy) is 4. The molecule has 1 amide bonds. The Bertz CT molecular complexity index is 1450. The first-order valence-electron chi connectivity index (χ1n) is 14.2. The third kappa shape index (κ3) is 6.47. The summed E-state index contributed by atoms with van der Waals surface area (Å²) in [6.45, 7) is 7.70. The molecular formula is C33H37FN2O5. The summed E-state index contributed by atoms with van der Waals surface area (Å²) in [5, 5.41) is 0. The maximum Gasteiger partial charge on any atom is 0.256 e. The van der Waals surface area contributed by atoms with Gasteiger partial charge in [0.25, 0.3) is 5.91 Å². The second-order valence-electron chi connectivity index (χ2n) is 10.6. The van der Waals surface area contributed by atoms with E-state index in [9.17, 15) is 9.18 Å². The number of methoxy groups -OCH3 is 1. The van der Waals surface area contributed by atoms with E-state index in [-0.39, 0.29) is 17.7 Å². The molecule has 1 fully saturated rings. The molecular weight excluding hydrogens is 523 g/mol. The van der Waals surface area contributed by atoms with Gasteiger partial charge in [-0.15, -0.1) is 0 Å². The molecule has 1 saturated heterocycles. The van der Waals surface area contributed by atoms with Crippen LogP contribution in [0, 0.1) is 26.6 Å². The Kier molecular flexibility index (Phi) is 8.76. The average molecular weight is 561 g/mol. The predicted molar refractivity (Wildman–Crippen MR) is 157 cm³/mol. The van der Waals surface area contributed by atoms with Crippen molar-refractivity contribution in [2.24, 2.45) is 4.99 Å². The van der Waals surface area contributed by atoms with Gasteiger partial charge in [-0.05, 0) is 93.8 Å². The number of aliphatic imine (C=N–C) groups is 1. The highest BCUT2D eigenvalue weighted by Crippen LogP contribution is 2.35. The standard InChI is InChI=1S/C33H37FN2O5/c1-21-15-26(18-32(38-4)23(21)3)41-30-11-10-25(17-28(30)34)39-13-6-5-7-14-40-31-19-29-27(16-22(31)2)33(37)36-12-8-9-24(36)20-35-29/h10-11,15-20,24H,5-9,12-14H2,1-4H3/t24-/m0/s1. The minimum absolute atomic E-state index is 0.0544. The minimum Gasteiger partial charge on any atom is -0.496 e. The molecule has 216 valence electrons. The molecule has 3 aromatic rings. The zero-order valence-corrected chi connectivity index (χ0v) is 24.2. The fourth-order valence-corrected chi connectivity index (χ4v) is 5.23. The quantitative estimate of drug-likeness (QED) is 0.227. The number of unbranched alkanes of at least 4 members (excludes halogenated alkanes) is 2. The van der Waals surface area contributed by atoms with Gasteiger partial charge in [-0.1, -0.05) is 0 Å². The molecule has 0 radical (unpaired) electrons. The topological polar surface area (TPSA) is 69.6 Å². The molecule has 0 unspecified atom stereocenters. The number of hydrogen-bond acceptors (Lipinski definition) is 6. The molecule has 0 saturated carbocycles. The van der Waals surface area contributed by atoms with E-state index in [4.69, 9.17) is 18.9 Å². The lowest BCUT2D eigenvalue weighted by Crippen LogP contribution is -2.35. The summed E-state index contributed by atoms with van der Waals surface area (Å²) in [4.78, 5) is 19.5. The fourth-order valence-electron chi connectivity index (χ4n) is 5.23. The van der Waals surface area contributed by atoms with E-state index in [2.05, 4.69) is 4.99 Å². The Hall–Kier alpha value is -4.07. The van der Waals surface area contributed by atoms with Gasteiger partial charge >= 0.3 is 0 Å². The number of carbonyl (C=O) groups excluding carboxylic acids is 1. The lowest BCUT2D eigenvalue weighted by Gasteiger charge is -2.20. The maximum atomic E-state index is 14.7. The van der Waals surface area contributed by atoms with E-state index in [0.29, 0.717) is 41.7 Å². The monoisotopic (exact) mass is 560 g/mol. The molecule has 3 aromatic carbocycles. The van der Waals surface area contributed by atoms with Crippen molar-refractivity contribution in [3.05, 3.63) is 70.5 Å². The van der Waals surface area contributed by atoms with Crippen LogP contribution in [0.1, 0.15) is 59.2 Å². The number of rotatable bonds is 11. The van der Waals surface area contributed by atoms with E-state index < -0.39 is 5.82 Å². The lowest BCUT2D eigenvalue weighted by atomic mass is 10.1. The van der Waals surface area contributed by atoms with Crippen LogP contribution in [0.3, 0.4) is 0 Å². The third-order valence-corrected chi connectivity index (χ3v) is 7.73. The van der Waals surface area contributed by atoms with Crippen LogP contribution in [0.25, 0.3) is 0 Å². The van der Waals surface area contributed by atoms with E-state index in [1.54, 1.807) is 25.3 Å². The number of halogens is 1. The Balaban J connectivity index is 1.06. The molecule has 5 rings (SSSR count). The van der Waals surface area contributed by atoms with Gasteiger partial charge in [-0.25, -0.2) is 4.39 Å². The van der Waals surface area contributed by atoms with E-state index in [1.807, 2.05) is 50.1 Å². The largest absolute Gasteiger partial charge is 0.496 e. The number of carbonyl (C=O) groups is 1. The van der Waals surface area contributed by atoms with Crippen molar-refractivity contribution in [2.75, 3.05) is 26.9 Å². The molecule has 2 aliphatic heterocycles. The van der Waals surface area contributed by atoms with Crippen LogP contribution in [-0.2, 0) is 0 Å². The highest BCUT2D eigenvalue weighted by Gasteiger charge is 2.32. The van der Waals surface area contributed by atoms with Crippen molar-refractivity contribution in [3.63, 3.8) is 0 Å². The molecule has 7 nitrogen and oxygen atoms in total. The van der Waals surface area contributed by atoms with Gasteiger partial charge in [0.2, 0.25) is 0 Å². The smallest absolute Gasteiger partial charge is 0.256 e. The highest BCUT2D eigenvalue weighted by atomic mass is 19.1. The van der Waals surface area contributed by atoms with Crippen LogP contribution >= 0.6 is 0 Å². The number of hydrogen-bond donors (Lipinski definition) is 0. The zero-order chi connectivity index (χ0) is 28.9. The van der Waals surface area contributed by atoms with Crippen LogP contribution in [0.15, 0.2) is 47.5 Å². The maximum absolute atomic E-state index is 14.7. The van der Waals surface area contributed by atoms with Gasteiger partial charge in [0.05, 0.1) is 37.6 Å². The first kappa shape index (κ1) is 28.5. The summed E-state index contributed by atoms with van der Waals surface area (Å²) >= 11 is 0. The average Bonchev–Trinajstić information content (AvgIpc) is 3.39. The van der Waals surface area contributed by atoms with Crippen molar-refractivity contribution < 1.29 is 28.1 Å². The Morgan fingerprint density at radius 1 is 0.902 bits per heavy atom. The summed E-state index contributed by atoms with van der Waals surface area (Å²) in [6.07, 6.45) is 6.43. The summed E-state index contributed by atoms with van der Waals surface area (Å²) < 4.78 is 37.6. The highest BCUT2D eigenvalue weighted by molar-refractivity contribution is 6.03. The first-order valence-corrected chi connectivity index (χ1v) is 14.2. The number of aryl methyl sites for hydroxylation is 2. The second-order valence-corrected chi connectivity index (χ2v) is 10.6. The van der Waals surface area contributed by atoms with Gasteiger partial charge in [0.15, 0.2) is 11.6 Å². The SMILES string of the molecule is COc1cc(Oc2ccc(OCCCCCOc3cc4c(cc3C)C(=O)N3CCC[C@H]3C=N4)cc2F)cc(C)c1C. The molecule has 2 aliphatic rings. The molecule has 2 heterocycles.